The van der Waals surface area contributed by atoms with Gasteiger partial charge in [0.1, 0.15) is 16.5 Å². The summed E-state index contributed by atoms with van der Waals surface area (Å²) in [5, 5.41) is 12.2. The number of aryl methyl sites for hydroxylation is 1. The molecule has 0 bridgehead atoms. The summed E-state index contributed by atoms with van der Waals surface area (Å²) in [5.74, 6) is 1.22. The monoisotopic (exact) mass is 383 g/mol. The number of rotatable bonds is 8. The molecule has 3 rings (SSSR count). The van der Waals surface area contributed by atoms with E-state index in [1.54, 1.807) is 31.4 Å². The van der Waals surface area contributed by atoms with Gasteiger partial charge in [-0.3, -0.25) is 10.1 Å². The molecule has 0 aliphatic carbocycles. The van der Waals surface area contributed by atoms with Gasteiger partial charge < -0.3 is 9.47 Å². The predicted molar refractivity (Wildman–Crippen MR) is 106 cm³/mol. The van der Waals surface area contributed by atoms with Crippen LogP contribution < -0.4 is 14.8 Å². The maximum atomic E-state index is 12.3. The van der Waals surface area contributed by atoms with E-state index < -0.39 is 0 Å². The van der Waals surface area contributed by atoms with Crippen molar-refractivity contribution in [1.82, 2.24) is 10.2 Å². The third kappa shape index (κ3) is 5.27. The molecule has 2 aromatic carbocycles. The number of nitrogens with zero attached hydrogens (tertiary/aromatic N) is 2. The Morgan fingerprint density at radius 2 is 1.93 bits per heavy atom. The van der Waals surface area contributed by atoms with Crippen LogP contribution >= 0.6 is 11.3 Å². The lowest BCUT2D eigenvalue weighted by Crippen LogP contribution is -2.11. The molecule has 0 aliphatic heterocycles. The molecule has 0 unspecified atom stereocenters. The van der Waals surface area contributed by atoms with Crippen molar-refractivity contribution in [3.8, 4) is 11.5 Å². The number of benzene rings is 2. The predicted octanol–water partition coefficient (Wildman–Crippen LogP) is 3.98. The number of carbonyl (C=O) groups is 1. The number of hydrogen-bond donors (Lipinski definition) is 1. The maximum Gasteiger partial charge on any atom is 0.257 e. The van der Waals surface area contributed by atoms with Crippen molar-refractivity contribution < 1.29 is 14.3 Å². The fourth-order valence-electron chi connectivity index (χ4n) is 2.42. The van der Waals surface area contributed by atoms with Crippen molar-refractivity contribution in [1.29, 1.82) is 0 Å². The molecule has 0 spiro atoms. The molecule has 0 radical (unpaired) electrons. The SMILES string of the molecule is CCc1ccc(OCCc2nnc(NC(=O)c3cccc(OC)c3)s2)cc1. The molecule has 0 saturated carbocycles. The van der Waals surface area contributed by atoms with E-state index >= 15 is 0 Å². The Morgan fingerprint density at radius 1 is 1.11 bits per heavy atom. The van der Waals surface area contributed by atoms with E-state index in [0.717, 1.165) is 17.2 Å². The molecule has 6 nitrogen and oxygen atoms in total. The molecule has 7 heteroatoms. The van der Waals surface area contributed by atoms with Gasteiger partial charge in [-0.2, -0.15) is 0 Å². The van der Waals surface area contributed by atoms with Gasteiger partial charge in [-0.15, -0.1) is 10.2 Å². The van der Waals surface area contributed by atoms with Gasteiger partial charge in [-0.25, -0.2) is 0 Å². The molecule has 1 N–H and O–H groups in total. The molecule has 0 saturated heterocycles. The van der Waals surface area contributed by atoms with Gasteiger partial charge in [-0.05, 0) is 42.3 Å². The average Bonchev–Trinajstić information content (AvgIpc) is 3.15. The Kier molecular flexibility index (Phi) is 6.38. The summed E-state index contributed by atoms with van der Waals surface area (Å²) in [5.41, 5.74) is 1.79. The smallest absolute Gasteiger partial charge is 0.257 e. The summed E-state index contributed by atoms with van der Waals surface area (Å²) in [6.45, 7) is 2.62. The highest BCUT2D eigenvalue weighted by molar-refractivity contribution is 7.15. The number of hydrogen-bond acceptors (Lipinski definition) is 6. The number of methoxy groups -OCH3 is 1. The highest BCUT2D eigenvalue weighted by Crippen LogP contribution is 2.19. The molecule has 1 aromatic heterocycles. The van der Waals surface area contributed by atoms with Crippen LogP contribution in [0.3, 0.4) is 0 Å². The first-order valence-electron chi connectivity index (χ1n) is 8.67. The zero-order chi connectivity index (χ0) is 19.1. The zero-order valence-corrected chi connectivity index (χ0v) is 16.1. The fraction of sp³-hybridized carbons (Fsp3) is 0.250. The van der Waals surface area contributed by atoms with Crippen LogP contribution in [0, 0.1) is 0 Å². The van der Waals surface area contributed by atoms with Gasteiger partial charge >= 0.3 is 0 Å². The Labute approximate surface area is 162 Å². The first kappa shape index (κ1) is 18.8. The quantitative estimate of drug-likeness (QED) is 0.637. The standard InChI is InChI=1S/C20H21N3O3S/c1-3-14-7-9-16(10-8-14)26-12-11-18-22-23-20(27-18)21-19(24)15-5-4-6-17(13-15)25-2/h4-10,13H,3,11-12H2,1-2H3,(H,21,23,24). The first-order valence-corrected chi connectivity index (χ1v) is 9.49. The molecule has 1 heterocycles. The number of amides is 1. The number of carbonyl (C=O) groups excluding carboxylic acids is 1. The summed E-state index contributed by atoms with van der Waals surface area (Å²) in [4.78, 5) is 12.3. The topological polar surface area (TPSA) is 73.3 Å². The zero-order valence-electron chi connectivity index (χ0n) is 15.3. The minimum atomic E-state index is -0.246. The fourth-order valence-corrected chi connectivity index (χ4v) is 3.13. The van der Waals surface area contributed by atoms with Crippen LogP contribution in [0.5, 0.6) is 11.5 Å². The molecular weight excluding hydrogens is 362 g/mol. The van der Waals surface area contributed by atoms with Crippen molar-refractivity contribution in [2.24, 2.45) is 0 Å². The molecule has 27 heavy (non-hydrogen) atoms. The van der Waals surface area contributed by atoms with E-state index in [-0.39, 0.29) is 5.91 Å². The molecule has 0 atom stereocenters. The molecule has 0 aliphatic rings. The summed E-state index contributed by atoms with van der Waals surface area (Å²) < 4.78 is 10.9. The van der Waals surface area contributed by atoms with Gasteiger partial charge in [0, 0.05) is 12.0 Å². The summed E-state index contributed by atoms with van der Waals surface area (Å²) >= 11 is 1.34. The number of nitrogens with one attached hydrogen (secondary N) is 1. The average molecular weight is 383 g/mol. The van der Waals surface area contributed by atoms with Gasteiger partial charge in [0.05, 0.1) is 13.7 Å². The van der Waals surface area contributed by atoms with E-state index in [2.05, 4.69) is 34.6 Å². The van der Waals surface area contributed by atoms with Crippen LogP contribution in [0.15, 0.2) is 48.5 Å². The number of ether oxygens (including phenoxy) is 2. The van der Waals surface area contributed by atoms with Crippen LogP contribution in [-0.2, 0) is 12.8 Å². The van der Waals surface area contributed by atoms with Crippen LogP contribution in [0.25, 0.3) is 0 Å². The molecule has 0 fully saturated rings. The number of aromatic nitrogens is 2. The molecule has 1 amide bonds. The van der Waals surface area contributed by atoms with Gasteiger partial charge in [0.2, 0.25) is 5.13 Å². The second kappa shape index (κ2) is 9.14. The van der Waals surface area contributed by atoms with Gasteiger partial charge in [-0.1, -0.05) is 36.5 Å². The van der Waals surface area contributed by atoms with Crippen LogP contribution in [0.1, 0.15) is 27.9 Å². The largest absolute Gasteiger partial charge is 0.497 e. The summed E-state index contributed by atoms with van der Waals surface area (Å²) in [7, 11) is 1.56. The van der Waals surface area contributed by atoms with Crippen molar-refractivity contribution in [2.45, 2.75) is 19.8 Å². The van der Waals surface area contributed by atoms with E-state index in [1.807, 2.05) is 12.1 Å². The molecule has 3 aromatic rings. The van der Waals surface area contributed by atoms with Gasteiger partial charge in [0.25, 0.3) is 5.91 Å². The normalized spacial score (nSPS) is 10.4. The van der Waals surface area contributed by atoms with Crippen LogP contribution in [-0.4, -0.2) is 29.8 Å². The lowest BCUT2D eigenvalue weighted by Gasteiger charge is -2.05. The summed E-state index contributed by atoms with van der Waals surface area (Å²) in [6.07, 6.45) is 1.64. The lowest BCUT2D eigenvalue weighted by atomic mass is 10.2. The summed E-state index contributed by atoms with van der Waals surface area (Å²) in [6, 6.07) is 15.0. The maximum absolute atomic E-state index is 12.3. The van der Waals surface area contributed by atoms with Crippen molar-refractivity contribution in [2.75, 3.05) is 19.0 Å². The van der Waals surface area contributed by atoms with Crippen LogP contribution in [0.2, 0.25) is 0 Å². The van der Waals surface area contributed by atoms with Crippen LogP contribution in [0.4, 0.5) is 5.13 Å². The van der Waals surface area contributed by atoms with E-state index in [9.17, 15) is 4.79 Å². The van der Waals surface area contributed by atoms with Crippen molar-refractivity contribution in [3.63, 3.8) is 0 Å². The first-order chi connectivity index (χ1) is 13.2. The Morgan fingerprint density at radius 3 is 2.67 bits per heavy atom. The van der Waals surface area contributed by atoms with Crippen molar-refractivity contribution >= 4 is 22.4 Å². The lowest BCUT2D eigenvalue weighted by molar-refractivity contribution is 0.102. The number of anilines is 1. The second-order valence-electron chi connectivity index (χ2n) is 5.78. The van der Waals surface area contributed by atoms with E-state index in [4.69, 9.17) is 9.47 Å². The minimum absolute atomic E-state index is 0.246. The molecule has 140 valence electrons. The van der Waals surface area contributed by atoms with E-state index in [0.29, 0.717) is 29.5 Å². The third-order valence-corrected chi connectivity index (χ3v) is 4.83. The minimum Gasteiger partial charge on any atom is -0.497 e. The second-order valence-corrected chi connectivity index (χ2v) is 6.85. The Bertz CT molecular complexity index is 893. The molecular formula is C20H21N3O3S. The van der Waals surface area contributed by atoms with Gasteiger partial charge in [0.15, 0.2) is 0 Å². The van der Waals surface area contributed by atoms with Crippen molar-refractivity contribution in [3.05, 3.63) is 64.7 Å². The Balaban J connectivity index is 1.51. The third-order valence-electron chi connectivity index (χ3n) is 3.94. The highest BCUT2D eigenvalue weighted by atomic mass is 32.1. The highest BCUT2D eigenvalue weighted by Gasteiger charge is 2.11. The Hall–Kier alpha value is -2.93. The van der Waals surface area contributed by atoms with E-state index in [1.165, 1.54) is 16.9 Å².